The van der Waals surface area contributed by atoms with E-state index in [1.165, 1.54) is 0 Å². The molecular weight excluding hydrogens is 315 g/mol. The molecule has 0 spiro atoms. The lowest BCUT2D eigenvalue weighted by Gasteiger charge is -2.43. The molecule has 0 bridgehead atoms. The lowest BCUT2D eigenvalue weighted by Crippen LogP contribution is -2.55. The number of methoxy groups -OCH3 is 1. The van der Waals surface area contributed by atoms with Gasteiger partial charge >= 0.3 is 6.18 Å². The van der Waals surface area contributed by atoms with Gasteiger partial charge in [0.15, 0.2) is 1.41 Å². The summed E-state index contributed by atoms with van der Waals surface area (Å²) in [7, 11) is 0.556. The predicted molar refractivity (Wildman–Crippen MR) is 63.1 cm³/mol. The highest BCUT2D eigenvalue weighted by atomic mass is 79.9. The number of hydrogen-bond acceptors (Lipinski definition) is 3. The van der Waals surface area contributed by atoms with Crippen LogP contribution in [0.5, 0.6) is 0 Å². The molecule has 1 aliphatic heterocycles. The molecule has 0 saturated carbocycles. The molecule has 0 amide bonds. The first-order chi connectivity index (χ1) is 12.5. The molecule has 18 heavy (non-hydrogen) atoms. The van der Waals surface area contributed by atoms with Gasteiger partial charge in [-0.25, -0.2) is 0 Å². The van der Waals surface area contributed by atoms with Crippen molar-refractivity contribution in [1.82, 2.24) is 5.31 Å². The van der Waals surface area contributed by atoms with Crippen LogP contribution in [0.3, 0.4) is 0 Å². The number of hydrogen-bond donors (Lipinski definition) is 2. The largest absolute Gasteiger partial charge is 0.408 e. The van der Waals surface area contributed by atoms with Gasteiger partial charge < -0.3 is 15.2 Å². The maximum Gasteiger partial charge on any atom is 0.408 e. The van der Waals surface area contributed by atoms with Gasteiger partial charge in [-0.15, -0.1) is 0 Å². The van der Waals surface area contributed by atoms with Gasteiger partial charge in [0.25, 0.3) is 0 Å². The van der Waals surface area contributed by atoms with Gasteiger partial charge in [0.05, 0.1) is 22.2 Å². The Bertz CT molecular complexity index is 778. The van der Waals surface area contributed by atoms with E-state index in [1.807, 2.05) is 0 Å². The number of allylic oxidation sites excluding steroid dienone is 1. The van der Waals surface area contributed by atoms with E-state index in [1.54, 1.807) is 0 Å². The van der Waals surface area contributed by atoms with Crippen molar-refractivity contribution in [2.75, 3.05) is 7.11 Å². The van der Waals surface area contributed by atoms with Crippen molar-refractivity contribution in [3.8, 4) is 0 Å². The first-order valence-electron chi connectivity index (χ1n) is 9.99. The quantitative estimate of drug-likeness (QED) is 0.769. The van der Waals surface area contributed by atoms with Crippen molar-refractivity contribution in [1.29, 1.82) is 0 Å². The van der Waals surface area contributed by atoms with Crippen LogP contribution in [0, 0.1) is 5.89 Å². The van der Waals surface area contributed by atoms with Gasteiger partial charge in [-0.2, -0.15) is 13.2 Å². The maximum absolute atomic E-state index is 13.7. The average molecular weight is 341 g/mol. The Balaban J connectivity index is 3.18. The van der Waals surface area contributed by atoms with Crippen LogP contribution >= 0.6 is 15.9 Å². The zero-order valence-electron chi connectivity index (χ0n) is 19.8. The molecule has 1 fully saturated rings. The minimum Gasteiger partial charge on any atom is -0.392 e. The minimum absolute atomic E-state index is 0.556. The Morgan fingerprint density at radius 2 is 2.33 bits per heavy atom. The molecule has 3 nitrogen and oxygen atoms in total. The standard InChI is InChI=1S/C11H15BrF3NO2/c1-18-7-3-2-5(12)10-9(7)6(17)4-8(16-10)11(13,14)15/h6-9,16-17H,2-4H2,1H3/i2D2,3D2,4D2,6D,7D,8D,9D/hD. The van der Waals surface area contributed by atoms with Crippen LogP contribution < -0.4 is 5.31 Å². The van der Waals surface area contributed by atoms with E-state index in [9.17, 15) is 18.3 Å². The van der Waals surface area contributed by atoms with Crippen molar-refractivity contribution in [2.45, 2.75) is 43.5 Å². The molecule has 7 heteroatoms. The molecule has 104 valence electrons. The molecule has 1 aliphatic carbocycles. The van der Waals surface area contributed by atoms with E-state index in [2.05, 4.69) is 20.7 Å². The third-order valence-electron chi connectivity index (χ3n) is 2.13. The second-order valence-corrected chi connectivity index (χ2v) is 4.05. The van der Waals surface area contributed by atoms with Gasteiger partial charge in [0, 0.05) is 33.3 Å². The number of rotatable bonds is 1. The molecular formula is C11H15BrF3NO2. The summed E-state index contributed by atoms with van der Waals surface area (Å²) in [6.07, 6.45) is -25.7. The molecule has 4 unspecified atom stereocenters. The molecule has 0 radical (unpaired) electrons. The Morgan fingerprint density at radius 1 is 1.67 bits per heavy atom. The third kappa shape index (κ3) is 2.53. The van der Waals surface area contributed by atoms with Crippen LogP contribution in [0.2, 0.25) is 1.41 Å². The van der Waals surface area contributed by atoms with Crippen molar-refractivity contribution in [3.05, 3.63) is 10.2 Å². The topological polar surface area (TPSA) is 41.5 Å². The highest BCUT2D eigenvalue weighted by molar-refractivity contribution is 9.11. The van der Waals surface area contributed by atoms with Crippen LogP contribution in [-0.4, -0.2) is 36.6 Å². The first-order valence-corrected chi connectivity index (χ1v) is 5.33. The first kappa shape index (κ1) is 5.61. The normalized spacial score (nSPS) is 71.4. The second-order valence-electron chi connectivity index (χ2n) is 3.25. The molecule has 1 heterocycles. The molecule has 0 aromatic heterocycles. The van der Waals surface area contributed by atoms with Crippen LogP contribution in [0.4, 0.5) is 13.2 Å². The molecule has 2 rings (SSSR count). The fraction of sp³-hybridized carbons (Fsp3) is 0.818. The van der Waals surface area contributed by atoms with Crippen molar-refractivity contribution in [2.24, 2.45) is 5.89 Å². The number of halogens is 4. The van der Waals surface area contributed by atoms with Crippen LogP contribution in [0.15, 0.2) is 10.2 Å². The van der Waals surface area contributed by atoms with E-state index in [-0.39, 0.29) is 0 Å². The molecule has 4 atom stereocenters. The number of nitrogens with one attached hydrogen (secondary N) is 1. The Kier molecular flexibility index (Phi) is 1.56. The fourth-order valence-electron chi connectivity index (χ4n) is 1.38. The Labute approximate surface area is 127 Å². The summed E-state index contributed by atoms with van der Waals surface area (Å²) in [6.45, 7) is 0. The molecule has 0 aromatic rings. The van der Waals surface area contributed by atoms with E-state index >= 15 is 0 Å². The lowest BCUT2D eigenvalue weighted by molar-refractivity contribution is -0.171. The van der Waals surface area contributed by atoms with Crippen molar-refractivity contribution < 1.29 is 38.1 Å². The summed E-state index contributed by atoms with van der Waals surface area (Å²) in [4.78, 5) is 0. The van der Waals surface area contributed by atoms with E-state index in [0.29, 0.717) is 7.11 Å². The second kappa shape index (κ2) is 5.02. The van der Waals surface area contributed by atoms with Crippen LogP contribution in [-0.2, 0) is 4.74 Å². The van der Waals surface area contributed by atoms with Crippen LogP contribution in [0.25, 0.3) is 0 Å². The SMILES string of the molecule is [2H]N1C2=C(Br)C([2H])([2H])C([2H])([2H])C([2H])(OC)C2([2H])C([2H])(O)C([2H])([2H])C1([2H])C(F)(F)F. The number of alkyl halides is 3. The Morgan fingerprint density at radius 3 is 2.89 bits per heavy atom. The number of piperidine rings is 1. The van der Waals surface area contributed by atoms with Crippen molar-refractivity contribution >= 4 is 15.9 Å². The molecule has 2 N–H and O–H groups in total. The molecule has 0 aromatic carbocycles. The predicted octanol–water partition coefficient (Wildman–Crippen LogP) is 2.30. The summed E-state index contributed by atoms with van der Waals surface area (Å²) in [5.41, 5.74) is -1.64. The molecule has 1 saturated heterocycles. The molecule has 2 aliphatic rings. The summed E-state index contributed by atoms with van der Waals surface area (Å²) in [5.74, 6) is -3.86. The summed E-state index contributed by atoms with van der Waals surface area (Å²) in [6, 6.07) is -4.73. The number of fused-ring (bicyclic) bond motifs is 1. The third-order valence-corrected chi connectivity index (χ3v) is 2.70. The smallest absolute Gasteiger partial charge is 0.392 e. The average Bonchev–Trinajstić information content (AvgIpc) is 2.55. The highest BCUT2D eigenvalue weighted by Gasteiger charge is 2.49. The summed E-state index contributed by atoms with van der Waals surface area (Å²) < 4.78 is 132. The minimum atomic E-state index is -5.95. The van der Waals surface area contributed by atoms with Gasteiger partial charge in [0.1, 0.15) is 6.02 Å². The summed E-state index contributed by atoms with van der Waals surface area (Å²) in [5, 5.41) is 9.63. The lowest BCUT2D eigenvalue weighted by atomic mass is 9.79. The van der Waals surface area contributed by atoms with E-state index < -0.39 is 64.9 Å². The van der Waals surface area contributed by atoms with E-state index in [4.69, 9.17) is 15.1 Å². The van der Waals surface area contributed by atoms with Gasteiger partial charge in [-0.3, -0.25) is 0 Å². The van der Waals surface area contributed by atoms with Crippen molar-refractivity contribution in [3.63, 3.8) is 0 Å². The highest BCUT2D eigenvalue weighted by Crippen LogP contribution is 2.41. The monoisotopic (exact) mass is 340 g/mol. The van der Waals surface area contributed by atoms with Gasteiger partial charge in [-0.1, -0.05) is 15.9 Å². The maximum atomic E-state index is 13.7. The number of ether oxygens (including phenoxy) is 1. The Hall–Kier alpha value is -0.270. The fourth-order valence-corrected chi connectivity index (χ4v) is 1.76. The zero-order valence-corrected chi connectivity index (χ0v) is 10.4. The van der Waals surface area contributed by atoms with Gasteiger partial charge in [-0.05, 0) is 12.7 Å². The van der Waals surface area contributed by atoms with Crippen LogP contribution in [0.1, 0.15) is 32.8 Å². The van der Waals surface area contributed by atoms with E-state index in [0.717, 1.165) is 0 Å². The number of aliphatic hydroxyl groups is 1. The summed E-state index contributed by atoms with van der Waals surface area (Å²) >= 11 is 2.47. The van der Waals surface area contributed by atoms with Gasteiger partial charge in [0.2, 0.25) is 0 Å². The zero-order chi connectivity index (χ0) is 23.4.